The van der Waals surface area contributed by atoms with E-state index in [1.165, 1.54) is 19.2 Å². The molecule has 0 atom stereocenters. The van der Waals surface area contributed by atoms with Gasteiger partial charge in [-0.1, -0.05) is 23.4 Å². The van der Waals surface area contributed by atoms with E-state index in [0.29, 0.717) is 33.8 Å². The SMILES string of the molecule is COC(=N)c1c(-c2c(C)noc2C)n(-c2ccc(O)cc2F)c2ccccc12. The molecule has 0 unspecified atom stereocenters. The number of aryl methyl sites for hydroxylation is 2. The van der Waals surface area contributed by atoms with Gasteiger partial charge in [-0.25, -0.2) is 4.39 Å². The molecule has 0 saturated heterocycles. The summed E-state index contributed by atoms with van der Waals surface area (Å²) in [6, 6.07) is 11.4. The minimum absolute atomic E-state index is 0.0517. The Labute approximate surface area is 160 Å². The fourth-order valence-corrected chi connectivity index (χ4v) is 3.56. The van der Waals surface area contributed by atoms with Crippen molar-refractivity contribution in [2.45, 2.75) is 13.8 Å². The maximum Gasteiger partial charge on any atom is 0.215 e. The van der Waals surface area contributed by atoms with E-state index in [1.54, 1.807) is 18.4 Å². The molecule has 0 spiro atoms. The van der Waals surface area contributed by atoms with E-state index >= 15 is 0 Å². The third-order valence-electron chi connectivity index (χ3n) is 4.75. The molecule has 0 amide bonds. The van der Waals surface area contributed by atoms with Crippen LogP contribution in [-0.4, -0.2) is 27.8 Å². The van der Waals surface area contributed by atoms with Gasteiger partial charge in [0.2, 0.25) is 5.90 Å². The Balaban J connectivity index is 2.23. The smallest absolute Gasteiger partial charge is 0.215 e. The van der Waals surface area contributed by atoms with Crippen molar-refractivity contribution in [1.29, 1.82) is 5.41 Å². The van der Waals surface area contributed by atoms with Gasteiger partial charge in [0, 0.05) is 11.5 Å². The zero-order chi connectivity index (χ0) is 20.0. The Morgan fingerprint density at radius 3 is 2.61 bits per heavy atom. The summed E-state index contributed by atoms with van der Waals surface area (Å²) in [5, 5.41) is 22.8. The summed E-state index contributed by atoms with van der Waals surface area (Å²) in [7, 11) is 1.42. The quantitative estimate of drug-likeness (QED) is 0.398. The maximum absolute atomic E-state index is 14.9. The van der Waals surface area contributed by atoms with Crippen molar-refractivity contribution >= 4 is 16.8 Å². The number of benzene rings is 2. The molecule has 6 nitrogen and oxygen atoms in total. The Bertz CT molecular complexity index is 1200. The molecule has 142 valence electrons. The van der Waals surface area contributed by atoms with Gasteiger partial charge in [-0.05, 0) is 32.0 Å². The third kappa shape index (κ3) is 2.55. The number of hydrogen-bond acceptors (Lipinski definition) is 5. The van der Waals surface area contributed by atoms with Gasteiger partial charge in [0.05, 0.1) is 40.8 Å². The number of hydrogen-bond donors (Lipinski definition) is 2. The molecular weight excluding hydrogens is 361 g/mol. The fraction of sp³-hybridized carbons (Fsp3) is 0.143. The van der Waals surface area contributed by atoms with Crippen molar-refractivity contribution in [2.24, 2.45) is 0 Å². The first-order valence-electron chi connectivity index (χ1n) is 8.62. The van der Waals surface area contributed by atoms with Crippen LogP contribution in [0.15, 0.2) is 47.0 Å². The number of fused-ring (bicyclic) bond motifs is 1. The van der Waals surface area contributed by atoms with Crippen molar-refractivity contribution in [3.05, 3.63) is 65.3 Å². The highest BCUT2D eigenvalue weighted by Crippen LogP contribution is 2.40. The Morgan fingerprint density at radius 2 is 1.96 bits per heavy atom. The Morgan fingerprint density at radius 1 is 1.21 bits per heavy atom. The highest BCUT2D eigenvalue weighted by atomic mass is 19.1. The van der Waals surface area contributed by atoms with E-state index in [2.05, 4.69) is 5.16 Å². The third-order valence-corrected chi connectivity index (χ3v) is 4.75. The van der Waals surface area contributed by atoms with E-state index < -0.39 is 5.82 Å². The number of aromatic hydroxyl groups is 1. The van der Waals surface area contributed by atoms with Gasteiger partial charge in [0.25, 0.3) is 0 Å². The highest BCUT2D eigenvalue weighted by molar-refractivity contribution is 6.12. The highest BCUT2D eigenvalue weighted by Gasteiger charge is 2.28. The minimum Gasteiger partial charge on any atom is -0.508 e. The predicted molar refractivity (Wildman–Crippen MR) is 104 cm³/mol. The molecule has 0 radical (unpaired) electrons. The molecule has 4 rings (SSSR count). The Kier molecular flexibility index (Phi) is 4.15. The van der Waals surface area contributed by atoms with Crippen LogP contribution < -0.4 is 0 Å². The van der Waals surface area contributed by atoms with Gasteiger partial charge in [0.1, 0.15) is 11.5 Å². The number of ether oxygens (including phenoxy) is 1. The fourth-order valence-electron chi connectivity index (χ4n) is 3.56. The Hall–Kier alpha value is -3.61. The molecule has 0 aliphatic heterocycles. The lowest BCUT2D eigenvalue weighted by molar-refractivity contribution is 0.393. The molecular formula is C21H18FN3O3. The van der Waals surface area contributed by atoms with Crippen LogP contribution >= 0.6 is 0 Å². The summed E-state index contributed by atoms with van der Waals surface area (Å²) in [5.41, 5.74) is 3.28. The molecule has 0 bridgehead atoms. The second-order valence-corrected chi connectivity index (χ2v) is 6.44. The second kappa shape index (κ2) is 6.53. The molecule has 0 aliphatic rings. The van der Waals surface area contributed by atoms with Crippen LogP contribution in [0, 0.1) is 25.1 Å². The monoisotopic (exact) mass is 379 g/mol. The summed E-state index contributed by atoms with van der Waals surface area (Å²) in [4.78, 5) is 0. The second-order valence-electron chi connectivity index (χ2n) is 6.44. The summed E-state index contributed by atoms with van der Waals surface area (Å²) in [5.74, 6) is -0.263. The lowest BCUT2D eigenvalue weighted by atomic mass is 10.0. The summed E-state index contributed by atoms with van der Waals surface area (Å²) < 4.78 is 27.2. The number of phenolic OH excluding ortho intramolecular Hbond substituents is 1. The number of aromatic nitrogens is 2. The van der Waals surface area contributed by atoms with Gasteiger partial charge < -0.3 is 18.9 Å². The molecule has 2 aromatic heterocycles. The van der Waals surface area contributed by atoms with E-state index in [-0.39, 0.29) is 17.3 Å². The maximum atomic E-state index is 14.9. The van der Waals surface area contributed by atoms with E-state index in [1.807, 2.05) is 24.3 Å². The standard InChI is InChI=1S/C21H18FN3O3/c1-11-18(12(2)28-24-11)20-19(21(23)27-3)14-6-4-5-7-16(14)25(20)17-9-8-13(26)10-15(17)22/h4-10,23,26H,1-3H3. The summed E-state index contributed by atoms with van der Waals surface area (Å²) in [6.45, 7) is 3.56. The molecule has 0 saturated carbocycles. The van der Waals surface area contributed by atoms with Crippen molar-refractivity contribution in [2.75, 3.05) is 7.11 Å². The van der Waals surface area contributed by atoms with Crippen molar-refractivity contribution < 1.29 is 18.8 Å². The molecule has 0 fully saturated rings. The minimum atomic E-state index is -0.593. The van der Waals surface area contributed by atoms with Crippen molar-refractivity contribution in [1.82, 2.24) is 9.72 Å². The van der Waals surface area contributed by atoms with Gasteiger partial charge in [-0.3, -0.25) is 5.41 Å². The number of halogens is 1. The van der Waals surface area contributed by atoms with Crippen LogP contribution in [0.5, 0.6) is 5.75 Å². The summed E-state index contributed by atoms with van der Waals surface area (Å²) >= 11 is 0. The molecule has 0 aliphatic carbocycles. The zero-order valence-electron chi connectivity index (χ0n) is 15.6. The lowest BCUT2D eigenvalue weighted by Gasteiger charge is -2.13. The number of rotatable bonds is 3. The van der Waals surface area contributed by atoms with Crippen LogP contribution in [0.3, 0.4) is 0 Å². The number of para-hydroxylation sites is 1. The largest absolute Gasteiger partial charge is 0.508 e. The van der Waals surface area contributed by atoms with Crippen molar-refractivity contribution in [3.63, 3.8) is 0 Å². The first kappa shape index (κ1) is 17.8. The van der Waals surface area contributed by atoms with Gasteiger partial charge in [-0.15, -0.1) is 0 Å². The van der Waals surface area contributed by atoms with Crippen molar-refractivity contribution in [3.8, 4) is 22.7 Å². The van der Waals surface area contributed by atoms with Crippen LogP contribution in [0.25, 0.3) is 27.8 Å². The van der Waals surface area contributed by atoms with Gasteiger partial charge >= 0.3 is 0 Å². The van der Waals surface area contributed by atoms with E-state index in [4.69, 9.17) is 14.7 Å². The zero-order valence-corrected chi connectivity index (χ0v) is 15.6. The molecule has 2 N–H and O–H groups in total. The van der Waals surface area contributed by atoms with E-state index in [9.17, 15) is 9.50 Å². The lowest BCUT2D eigenvalue weighted by Crippen LogP contribution is -2.06. The molecule has 28 heavy (non-hydrogen) atoms. The van der Waals surface area contributed by atoms with Crippen LogP contribution in [0.2, 0.25) is 0 Å². The molecule has 2 aromatic carbocycles. The molecule has 2 heterocycles. The number of nitrogens with zero attached hydrogens (tertiary/aromatic N) is 2. The van der Waals surface area contributed by atoms with Gasteiger partial charge in [-0.2, -0.15) is 0 Å². The average molecular weight is 379 g/mol. The normalized spacial score (nSPS) is 11.1. The molecule has 7 heteroatoms. The van der Waals surface area contributed by atoms with E-state index in [0.717, 1.165) is 11.5 Å². The topological polar surface area (TPSA) is 84.3 Å². The predicted octanol–water partition coefficient (Wildman–Crippen LogP) is 4.72. The summed E-state index contributed by atoms with van der Waals surface area (Å²) in [6.07, 6.45) is 0. The van der Waals surface area contributed by atoms with Gasteiger partial charge in [0.15, 0.2) is 5.82 Å². The first-order chi connectivity index (χ1) is 13.4. The van der Waals surface area contributed by atoms with Crippen LogP contribution in [0.1, 0.15) is 17.0 Å². The average Bonchev–Trinajstić information content (AvgIpc) is 3.18. The van der Waals surface area contributed by atoms with Crippen LogP contribution in [-0.2, 0) is 4.74 Å². The number of methoxy groups -OCH3 is 1. The number of phenols is 1. The first-order valence-corrected chi connectivity index (χ1v) is 8.62. The number of nitrogens with one attached hydrogen (secondary N) is 1. The van der Waals surface area contributed by atoms with Crippen LogP contribution in [0.4, 0.5) is 4.39 Å². The molecule has 4 aromatic rings.